The molecule has 3 aromatic rings. The van der Waals surface area contributed by atoms with Crippen molar-refractivity contribution in [2.75, 3.05) is 10.6 Å². The highest BCUT2D eigenvalue weighted by molar-refractivity contribution is 6.02. The Kier molecular flexibility index (Phi) is 6.41. The number of carboxylic acids is 1. The summed E-state index contributed by atoms with van der Waals surface area (Å²) >= 11 is 0. The lowest BCUT2D eigenvalue weighted by Crippen LogP contribution is -2.44. The van der Waals surface area contributed by atoms with Gasteiger partial charge in [0.2, 0.25) is 0 Å². The lowest BCUT2D eigenvalue weighted by Gasteiger charge is -2.27. The summed E-state index contributed by atoms with van der Waals surface area (Å²) in [5, 5.41) is 14.9. The highest BCUT2D eigenvalue weighted by Crippen LogP contribution is 2.32. The Hall–Kier alpha value is -4.20. The molecule has 0 saturated carbocycles. The molecule has 0 spiro atoms. The number of hydrogen-bond acceptors (Lipinski definition) is 3. The van der Waals surface area contributed by atoms with Crippen LogP contribution in [0.15, 0.2) is 54.6 Å². The monoisotopic (exact) mass is 501 g/mol. The van der Waals surface area contributed by atoms with Crippen LogP contribution in [0.3, 0.4) is 0 Å². The minimum absolute atomic E-state index is 0.0343. The Morgan fingerprint density at radius 1 is 0.919 bits per heavy atom. The van der Waals surface area contributed by atoms with E-state index in [1.807, 2.05) is 18.2 Å². The number of carbonyl (C=O) groups is 3. The molecule has 1 unspecified atom stereocenters. The molecule has 1 aliphatic heterocycles. The third-order valence-electron chi connectivity index (χ3n) is 7.07. The first-order valence-corrected chi connectivity index (χ1v) is 12.4. The van der Waals surface area contributed by atoms with Gasteiger partial charge in [0, 0.05) is 17.8 Å². The van der Waals surface area contributed by atoms with Crippen LogP contribution in [-0.2, 0) is 24.2 Å². The van der Waals surface area contributed by atoms with Gasteiger partial charge in [0.05, 0.1) is 5.69 Å². The third-order valence-corrected chi connectivity index (χ3v) is 7.07. The normalized spacial score (nSPS) is 14.9. The molecule has 37 heavy (non-hydrogen) atoms. The van der Waals surface area contributed by atoms with E-state index in [1.54, 1.807) is 38.1 Å². The van der Waals surface area contributed by atoms with Crippen molar-refractivity contribution in [3.63, 3.8) is 0 Å². The van der Waals surface area contributed by atoms with E-state index in [1.165, 1.54) is 28.2 Å². The summed E-state index contributed by atoms with van der Waals surface area (Å²) in [5.41, 5.74) is 5.54. The molecular weight excluding hydrogens is 473 g/mol. The first-order valence-electron chi connectivity index (χ1n) is 12.4. The van der Waals surface area contributed by atoms with E-state index >= 15 is 0 Å². The molecule has 8 heteroatoms. The molecule has 0 fully saturated rings. The number of hydrogen-bond donors (Lipinski definition) is 3. The first-order chi connectivity index (χ1) is 17.7. The van der Waals surface area contributed by atoms with E-state index < -0.39 is 23.9 Å². The minimum Gasteiger partial charge on any atom is -0.480 e. The van der Waals surface area contributed by atoms with Gasteiger partial charge in [0.15, 0.2) is 0 Å². The Balaban J connectivity index is 1.30. The van der Waals surface area contributed by atoms with Crippen LogP contribution in [0.5, 0.6) is 0 Å². The van der Waals surface area contributed by atoms with Crippen molar-refractivity contribution in [1.29, 1.82) is 0 Å². The number of aryl methyl sites for hydroxylation is 2. The largest absolute Gasteiger partial charge is 0.480 e. The van der Waals surface area contributed by atoms with Crippen LogP contribution in [0.1, 0.15) is 47.3 Å². The Morgan fingerprint density at radius 3 is 2.35 bits per heavy atom. The Labute approximate surface area is 214 Å². The van der Waals surface area contributed by atoms with Gasteiger partial charge < -0.3 is 20.6 Å². The number of amides is 3. The average molecular weight is 502 g/mol. The summed E-state index contributed by atoms with van der Waals surface area (Å²) in [5.74, 6) is -2.24. The molecule has 1 heterocycles. The number of benzene rings is 3. The molecule has 190 valence electrons. The van der Waals surface area contributed by atoms with Gasteiger partial charge in [-0.1, -0.05) is 38.1 Å². The zero-order chi connectivity index (χ0) is 26.3. The number of carbonyl (C=O) groups excluding carboxylic acids is 2. The van der Waals surface area contributed by atoms with Crippen LogP contribution in [0.2, 0.25) is 0 Å². The van der Waals surface area contributed by atoms with Gasteiger partial charge in [-0.15, -0.1) is 0 Å². The van der Waals surface area contributed by atoms with Crippen LogP contribution in [0.4, 0.5) is 20.6 Å². The van der Waals surface area contributed by atoms with E-state index in [2.05, 4.69) is 10.6 Å². The van der Waals surface area contributed by atoms with E-state index in [-0.39, 0.29) is 24.1 Å². The zero-order valence-corrected chi connectivity index (χ0v) is 20.7. The maximum atomic E-state index is 14.9. The van der Waals surface area contributed by atoms with Gasteiger partial charge in [-0.2, -0.15) is 0 Å². The molecule has 1 aliphatic carbocycles. The standard InChI is InChI=1S/C29H28FN3O4/c1-16(2)26(28(35)36)33-15-21-7-6-19(13-23(21)27(33)34)20-9-11-25(24(30)14-20)32-29(37)31-22-10-8-17-4-3-5-18(17)12-22/h6-14,16,26H,3-5,15H2,1-2H3,(H,35,36)(H2,31,32,37). The lowest BCUT2D eigenvalue weighted by molar-refractivity contribution is -0.144. The number of urea groups is 1. The van der Waals surface area contributed by atoms with Gasteiger partial charge in [0.25, 0.3) is 5.91 Å². The molecule has 0 radical (unpaired) electrons. The van der Waals surface area contributed by atoms with Crippen molar-refractivity contribution < 1.29 is 23.9 Å². The molecule has 3 amide bonds. The summed E-state index contributed by atoms with van der Waals surface area (Å²) in [7, 11) is 0. The van der Waals surface area contributed by atoms with Crippen molar-refractivity contribution >= 4 is 29.3 Å². The van der Waals surface area contributed by atoms with E-state index in [0.29, 0.717) is 22.4 Å². The quantitative estimate of drug-likeness (QED) is 0.404. The van der Waals surface area contributed by atoms with Crippen molar-refractivity contribution in [2.24, 2.45) is 5.92 Å². The second-order valence-corrected chi connectivity index (χ2v) is 9.94. The van der Waals surface area contributed by atoms with Crippen molar-refractivity contribution in [3.05, 3.63) is 82.7 Å². The van der Waals surface area contributed by atoms with E-state index in [0.717, 1.165) is 24.8 Å². The molecule has 7 nitrogen and oxygen atoms in total. The van der Waals surface area contributed by atoms with Gasteiger partial charge in [-0.05, 0) is 83.3 Å². The molecule has 0 aromatic heterocycles. The summed E-state index contributed by atoms with van der Waals surface area (Å²) in [6.07, 6.45) is 3.16. The molecule has 3 aromatic carbocycles. The number of aliphatic carboxylic acids is 1. The smallest absolute Gasteiger partial charge is 0.326 e. The highest BCUT2D eigenvalue weighted by atomic mass is 19.1. The molecule has 0 saturated heterocycles. The van der Waals surface area contributed by atoms with Crippen LogP contribution in [0.25, 0.3) is 11.1 Å². The molecule has 1 atom stereocenters. The fourth-order valence-corrected chi connectivity index (χ4v) is 5.24. The first kappa shape index (κ1) is 24.5. The molecule has 5 rings (SSSR count). The Bertz CT molecular complexity index is 1420. The highest BCUT2D eigenvalue weighted by Gasteiger charge is 2.38. The van der Waals surface area contributed by atoms with Crippen LogP contribution >= 0.6 is 0 Å². The van der Waals surface area contributed by atoms with Crippen LogP contribution < -0.4 is 10.6 Å². The number of rotatable bonds is 6. The maximum absolute atomic E-state index is 14.9. The number of anilines is 2. The fraction of sp³-hybridized carbons (Fsp3) is 0.276. The van der Waals surface area contributed by atoms with Crippen LogP contribution in [0, 0.1) is 11.7 Å². The van der Waals surface area contributed by atoms with Gasteiger partial charge >= 0.3 is 12.0 Å². The van der Waals surface area contributed by atoms with E-state index in [4.69, 9.17) is 0 Å². The lowest BCUT2D eigenvalue weighted by atomic mass is 10.00. The van der Waals surface area contributed by atoms with Gasteiger partial charge in [0.1, 0.15) is 11.9 Å². The van der Waals surface area contributed by atoms with Crippen molar-refractivity contribution in [3.8, 4) is 11.1 Å². The van der Waals surface area contributed by atoms with Crippen molar-refractivity contribution in [1.82, 2.24) is 4.90 Å². The summed E-state index contributed by atoms with van der Waals surface area (Å²) in [6.45, 7) is 3.76. The maximum Gasteiger partial charge on any atom is 0.326 e. The number of nitrogens with one attached hydrogen (secondary N) is 2. The van der Waals surface area contributed by atoms with Gasteiger partial charge in [-0.3, -0.25) is 4.79 Å². The number of halogens is 1. The number of fused-ring (bicyclic) bond motifs is 2. The third kappa shape index (κ3) is 4.79. The van der Waals surface area contributed by atoms with E-state index in [9.17, 15) is 23.9 Å². The summed E-state index contributed by atoms with van der Waals surface area (Å²) in [6, 6.07) is 14.0. The molecular formula is C29H28FN3O4. The van der Waals surface area contributed by atoms with Crippen LogP contribution in [-0.4, -0.2) is 34.0 Å². The Morgan fingerprint density at radius 2 is 1.62 bits per heavy atom. The molecule has 3 N–H and O–H groups in total. The second kappa shape index (κ2) is 9.69. The summed E-state index contributed by atoms with van der Waals surface area (Å²) in [4.78, 5) is 38.6. The van der Waals surface area contributed by atoms with Crippen molar-refractivity contribution in [2.45, 2.75) is 45.7 Å². The SMILES string of the molecule is CC(C)C(C(=O)O)N1Cc2ccc(-c3ccc(NC(=O)Nc4ccc5c(c4)CCC5)c(F)c3)cc2C1=O. The predicted octanol–water partition coefficient (Wildman–Crippen LogP) is 5.69. The number of carboxylic acid groups (broad SMARTS) is 1. The average Bonchev–Trinajstić information content (AvgIpc) is 3.44. The summed E-state index contributed by atoms with van der Waals surface area (Å²) < 4.78 is 14.9. The second-order valence-electron chi connectivity index (χ2n) is 9.94. The molecule has 0 bridgehead atoms. The minimum atomic E-state index is -1.04. The zero-order valence-electron chi connectivity index (χ0n) is 20.7. The fourth-order valence-electron chi connectivity index (χ4n) is 5.24. The molecule has 2 aliphatic rings. The predicted molar refractivity (Wildman–Crippen MR) is 139 cm³/mol. The number of nitrogens with zero attached hydrogens (tertiary/aromatic N) is 1. The van der Waals surface area contributed by atoms with Gasteiger partial charge in [-0.25, -0.2) is 14.0 Å². The topological polar surface area (TPSA) is 98.7 Å².